The van der Waals surface area contributed by atoms with Gasteiger partial charge in [0.2, 0.25) is 0 Å². The van der Waals surface area contributed by atoms with Gasteiger partial charge in [-0.25, -0.2) is 0 Å². The molecule has 19 heavy (non-hydrogen) atoms. The smallest absolute Gasteiger partial charge is 0.163 e. The van der Waals surface area contributed by atoms with Crippen molar-refractivity contribution in [2.75, 3.05) is 12.3 Å². The van der Waals surface area contributed by atoms with Gasteiger partial charge in [-0.1, -0.05) is 0 Å². The minimum absolute atomic E-state index is 0.288. The molecule has 0 aromatic carbocycles. The zero-order valence-electron chi connectivity index (χ0n) is 10.6. The fraction of sp³-hybridized carbons (Fsp3) is 0.636. The summed E-state index contributed by atoms with van der Waals surface area (Å²) in [5.41, 5.74) is 0. The molecule has 2 atom stereocenters. The summed E-state index contributed by atoms with van der Waals surface area (Å²) in [6.45, 7) is 3.48. The van der Waals surface area contributed by atoms with Crippen molar-refractivity contribution in [2.24, 2.45) is 0 Å². The maximum absolute atomic E-state index is 8.84. The Morgan fingerprint density at radius 1 is 0.842 bits per heavy atom. The molecule has 0 saturated carbocycles. The van der Waals surface area contributed by atoms with E-state index in [4.69, 9.17) is 30.5 Å². The van der Waals surface area contributed by atoms with Gasteiger partial charge in [-0.2, -0.15) is 21.0 Å². The summed E-state index contributed by atoms with van der Waals surface area (Å²) in [6.07, 6.45) is -0.244. The number of hydrogen-bond acceptors (Lipinski definition) is 6. The Morgan fingerprint density at radius 3 is 1.42 bits per heavy atom. The summed E-state index contributed by atoms with van der Waals surface area (Å²) in [7, 11) is -2.84. The SMILES string of the molecule is CC1(C)O[C@@H](CP(C#N)C#N)[C@H](CP(C#N)C#N)O1. The van der Waals surface area contributed by atoms with Crippen LogP contribution in [-0.2, 0) is 9.47 Å². The highest BCUT2D eigenvalue weighted by Crippen LogP contribution is 2.43. The largest absolute Gasteiger partial charge is 0.344 e. The molecule has 0 bridgehead atoms. The number of nitriles is 4. The summed E-state index contributed by atoms with van der Waals surface area (Å²) in [5, 5.41) is 35.3. The first-order valence-corrected chi connectivity index (χ1v) is 8.50. The predicted octanol–water partition coefficient (Wildman–Crippen LogP) is 2.39. The molecule has 1 aliphatic rings. The van der Waals surface area contributed by atoms with Crippen molar-refractivity contribution >= 4 is 15.8 Å². The van der Waals surface area contributed by atoms with E-state index in [1.54, 1.807) is 13.8 Å². The highest BCUT2D eigenvalue weighted by molar-refractivity contribution is 7.68. The molecule has 0 unspecified atom stereocenters. The average Bonchev–Trinajstić information content (AvgIpc) is 2.67. The molecule has 1 aliphatic heterocycles. The van der Waals surface area contributed by atoms with Gasteiger partial charge in [-0.3, -0.25) is 0 Å². The Bertz CT molecular complexity index is 425. The summed E-state index contributed by atoms with van der Waals surface area (Å²) < 4.78 is 11.3. The van der Waals surface area contributed by atoms with Crippen molar-refractivity contribution < 1.29 is 9.47 Å². The van der Waals surface area contributed by atoms with E-state index in [0.717, 1.165) is 0 Å². The van der Waals surface area contributed by atoms with Crippen LogP contribution in [0, 0.1) is 44.3 Å². The van der Waals surface area contributed by atoms with Gasteiger partial charge in [0.1, 0.15) is 39.1 Å². The minimum Gasteiger partial charge on any atom is -0.344 e. The number of hydrogen-bond donors (Lipinski definition) is 0. The van der Waals surface area contributed by atoms with Gasteiger partial charge in [0.15, 0.2) is 5.79 Å². The van der Waals surface area contributed by atoms with Crippen LogP contribution in [0.25, 0.3) is 0 Å². The van der Waals surface area contributed by atoms with Crippen molar-refractivity contribution in [3.63, 3.8) is 0 Å². The summed E-state index contributed by atoms with van der Waals surface area (Å²) in [5.74, 6) is 6.99. The van der Waals surface area contributed by atoms with Crippen LogP contribution in [0.1, 0.15) is 13.8 Å². The molecule has 0 N–H and O–H groups in total. The number of rotatable bonds is 4. The Hall–Kier alpha value is -1.26. The average molecular weight is 294 g/mol. The van der Waals surface area contributed by atoms with Crippen molar-refractivity contribution in [3.05, 3.63) is 0 Å². The predicted molar refractivity (Wildman–Crippen MR) is 69.9 cm³/mol. The molecule has 98 valence electrons. The van der Waals surface area contributed by atoms with Gasteiger partial charge in [0.25, 0.3) is 0 Å². The molecule has 6 nitrogen and oxygen atoms in total. The summed E-state index contributed by atoms with van der Waals surface area (Å²) >= 11 is 0. The van der Waals surface area contributed by atoms with E-state index in [-0.39, 0.29) is 12.3 Å². The fourth-order valence-corrected chi connectivity index (χ4v) is 3.54. The van der Waals surface area contributed by atoms with Gasteiger partial charge in [-0.05, 0) is 13.8 Å². The molecule has 0 aromatic heterocycles. The molecule has 0 aliphatic carbocycles. The van der Waals surface area contributed by atoms with Crippen LogP contribution in [0.15, 0.2) is 0 Å². The molecule has 8 heteroatoms. The second-order valence-corrected chi connectivity index (χ2v) is 7.58. The van der Waals surface area contributed by atoms with Crippen LogP contribution in [0.2, 0.25) is 0 Å². The van der Waals surface area contributed by atoms with E-state index >= 15 is 0 Å². The molecule has 1 rings (SSSR count). The van der Waals surface area contributed by atoms with Crippen molar-refractivity contribution in [2.45, 2.75) is 31.8 Å². The van der Waals surface area contributed by atoms with Crippen molar-refractivity contribution in [1.82, 2.24) is 0 Å². The third-order valence-electron chi connectivity index (χ3n) is 2.49. The maximum Gasteiger partial charge on any atom is 0.163 e. The quantitative estimate of drug-likeness (QED) is 0.735. The van der Waals surface area contributed by atoms with E-state index in [1.807, 2.05) is 23.2 Å². The summed E-state index contributed by atoms with van der Waals surface area (Å²) in [6, 6.07) is 0. The molecular weight excluding hydrogens is 282 g/mol. The molecule has 1 fully saturated rings. The van der Waals surface area contributed by atoms with Gasteiger partial charge in [-0.15, -0.1) is 0 Å². The maximum atomic E-state index is 8.84. The topological polar surface area (TPSA) is 114 Å². The van der Waals surface area contributed by atoms with E-state index in [1.165, 1.54) is 0 Å². The van der Waals surface area contributed by atoms with Gasteiger partial charge >= 0.3 is 0 Å². The van der Waals surface area contributed by atoms with Gasteiger partial charge < -0.3 is 9.47 Å². The lowest BCUT2D eigenvalue weighted by atomic mass is 10.3. The standard InChI is InChI=1S/C11H12N4O2P2/c1-11(2)16-9(3-18(5-12)6-13)10(17-11)4-19(7-14)8-15/h9-10H,3-4H2,1-2H3/t9-,10-/m0/s1. The fourth-order valence-electron chi connectivity index (χ4n) is 1.79. The number of nitrogens with zero attached hydrogens (tertiary/aromatic N) is 4. The second kappa shape index (κ2) is 6.78. The van der Waals surface area contributed by atoms with Gasteiger partial charge in [0, 0.05) is 12.3 Å². The first-order chi connectivity index (χ1) is 8.95. The molecule has 1 saturated heterocycles. The monoisotopic (exact) mass is 294 g/mol. The van der Waals surface area contributed by atoms with Crippen LogP contribution in [0.4, 0.5) is 0 Å². The van der Waals surface area contributed by atoms with Crippen LogP contribution in [0.3, 0.4) is 0 Å². The van der Waals surface area contributed by atoms with Gasteiger partial charge in [0.05, 0.1) is 12.2 Å². The highest BCUT2D eigenvalue weighted by atomic mass is 31.1. The lowest BCUT2D eigenvalue weighted by Crippen LogP contribution is -2.27. The zero-order valence-corrected chi connectivity index (χ0v) is 12.4. The first-order valence-electron chi connectivity index (χ1n) is 5.45. The van der Waals surface area contributed by atoms with E-state index in [9.17, 15) is 0 Å². The molecule has 0 spiro atoms. The first kappa shape index (κ1) is 15.8. The van der Waals surface area contributed by atoms with E-state index in [2.05, 4.69) is 0 Å². The second-order valence-electron chi connectivity index (χ2n) is 4.33. The Kier molecular flexibility index (Phi) is 5.63. The normalized spacial score (nSPS) is 24.4. The van der Waals surface area contributed by atoms with Crippen LogP contribution in [-0.4, -0.2) is 30.3 Å². The molecule has 1 heterocycles. The van der Waals surface area contributed by atoms with E-state index < -0.39 is 33.8 Å². The summed E-state index contributed by atoms with van der Waals surface area (Å²) in [4.78, 5) is 0. The van der Waals surface area contributed by atoms with Crippen molar-refractivity contribution in [1.29, 1.82) is 21.0 Å². The Balaban J connectivity index is 2.78. The van der Waals surface area contributed by atoms with Crippen LogP contribution in [0.5, 0.6) is 0 Å². The lowest BCUT2D eigenvalue weighted by molar-refractivity contribution is -0.142. The third kappa shape index (κ3) is 4.40. The molecule has 0 radical (unpaired) electrons. The Morgan fingerprint density at radius 2 is 1.16 bits per heavy atom. The van der Waals surface area contributed by atoms with Crippen LogP contribution < -0.4 is 0 Å². The number of ether oxygens (including phenoxy) is 2. The molecular formula is C11H12N4O2P2. The Labute approximate surface area is 114 Å². The van der Waals surface area contributed by atoms with Crippen LogP contribution >= 0.6 is 15.8 Å². The minimum atomic E-state index is -1.42. The lowest BCUT2D eigenvalue weighted by Gasteiger charge is -2.16. The third-order valence-corrected chi connectivity index (χ3v) is 4.91. The highest BCUT2D eigenvalue weighted by Gasteiger charge is 2.43. The van der Waals surface area contributed by atoms with Crippen molar-refractivity contribution in [3.8, 4) is 23.2 Å². The van der Waals surface area contributed by atoms with E-state index in [0.29, 0.717) is 0 Å². The zero-order chi connectivity index (χ0) is 14.5. The molecule has 0 aromatic rings. The molecule has 0 amide bonds.